The van der Waals surface area contributed by atoms with Gasteiger partial charge in [-0.15, -0.1) is 0 Å². The van der Waals surface area contributed by atoms with E-state index in [1.807, 2.05) is 44.2 Å². The van der Waals surface area contributed by atoms with Crippen LogP contribution in [-0.4, -0.2) is 12.6 Å². The number of nitriles is 1. The molecule has 0 heterocycles. The summed E-state index contributed by atoms with van der Waals surface area (Å²) in [6.07, 6.45) is 1.83. The zero-order chi connectivity index (χ0) is 17.9. The minimum Gasteiger partial charge on any atom is -0.330 e. The molecule has 2 rings (SSSR count). The van der Waals surface area contributed by atoms with E-state index in [4.69, 9.17) is 11.0 Å². The number of hydrogen-bond donors (Lipinski definition) is 3. The lowest BCUT2D eigenvalue weighted by Gasteiger charge is -2.10. The monoisotopic (exact) mass is 405 g/mol. The van der Waals surface area contributed by atoms with Crippen molar-refractivity contribution >= 4 is 28.7 Å². The Labute approximate surface area is 158 Å². The predicted molar refractivity (Wildman–Crippen MR) is 109 cm³/mol. The molecule has 128 valence electrons. The largest absolute Gasteiger partial charge is 0.330 e. The van der Waals surface area contributed by atoms with Crippen molar-refractivity contribution in [3.63, 3.8) is 0 Å². The van der Waals surface area contributed by atoms with Crippen molar-refractivity contribution in [2.45, 2.75) is 32.7 Å². The van der Waals surface area contributed by atoms with E-state index in [0.717, 1.165) is 17.3 Å². The average molecular weight is 406 g/mol. The Hall–Kier alpha value is -1.32. The normalized spacial score (nSPS) is 10.0. The summed E-state index contributed by atoms with van der Waals surface area (Å²) in [5, 5.41) is 9.00. The standard InChI is InChI=1S/C16H15BrN2.C3H9NS/c17-15-6-4-13(5-7-15)16-8-3-12(11-19)10-14(16)2-1-9-18;1-3(2)4-5/h3-8,10H,1-2,9,18H2;3-5H,1-2H3. The molecule has 2 aromatic carbocycles. The Morgan fingerprint density at radius 3 is 2.33 bits per heavy atom. The highest BCUT2D eigenvalue weighted by Gasteiger charge is 2.06. The van der Waals surface area contributed by atoms with E-state index in [2.05, 4.69) is 51.7 Å². The Kier molecular flexibility index (Phi) is 9.73. The van der Waals surface area contributed by atoms with Crippen LogP contribution in [0.25, 0.3) is 11.1 Å². The lowest BCUT2D eigenvalue weighted by Crippen LogP contribution is -2.09. The van der Waals surface area contributed by atoms with Crippen LogP contribution >= 0.6 is 28.7 Å². The van der Waals surface area contributed by atoms with Gasteiger partial charge in [0.1, 0.15) is 0 Å². The highest BCUT2D eigenvalue weighted by Crippen LogP contribution is 2.27. The summed E-state index contributed by atoms with van der Waals surface area (Å²) in [5.74, 6) is 0. The first-order valence-electron chi connectivity index (χ1n) is 7.90. The van der Waals surface area contributed by atoms with Crippen LogP contribution in [0.1, 0.15) is 31.4 Å². The van der Waals surface area contributed by atoms with Crippen molar-refractivity contribution in [2.24, 2.45) is 5.73 Å². The Balaban J connectivity index is 0.000000505. The molecule has 24 heavy (non-hydrogen) atoms. The van der Waals surface area contributed by atoms with Gasteiger partial charge in [0.2, 0.25) is 0 Å². The molecule has 0 unspecified atom stereocenters. The minimum atomic E-state index is 0.498. The molecule has 0 fully saturated rings. The summed E-state index contributed by atoms with van der Waals surface area (Å²) in [6.45, 7) is 4.73. The van der Waals surface area contributed by atoms with Crippen LogP contribution in [-0.2, 0) is 6.42 Å². The maximum Gasteiger partial charge on any atom is 0.0991 e. The van der Waals surface area contributed by atoms with Crippen molar-refractivity contribution in [1.29, 1.82) is 5.26 Å². The lowest BCUT2D eigenvalue weighted by molar-refractivity contribution is 0.776. The average Bonchev–Trinajstić information content (AvgIpc) is 2.61. The van der Waals surface area contributed by atoms with E-state index in [1.165, 1.54) is 16.7 Å². The van der Waals surface area contributed by atoms with Gasteiger partial charge in [-0.1, -0.05) is 46.9 Å². The van der Waals surface area contributed by atoms with Crippen LogP contribution in [0.15, 0.2) is 46.9 Å². The Bertz CT molecular complexity index is 663. The highest BCUT2D eigenvalue weighted by atomic mass is 79.9. The molecule has 0 radical (unpaired) electrons. The van der Waals surface area contributed by atoms with E-state index in [0.29, 0.717) is 18.2 Å². The maximum absolute atomic E-state index is 9.00. The fourth-order valence-corrected chi connectivity index (χ4v) is 2.34. The quantitative estimate of drug-likeness (QED) is 0.631. The summed E-state index contributed by atoms with van der Waals surface area (Å²) in [7, 11) is 0. The molecule has 0 atom stereocenters. The van der Waals surface area contributed by atoms with Gasteiger partial charge >= 0.3 is 0 Å². The minimum absolute atomic E-state index is 0.498. The van der Waals surface area contributed by atoms with Gasteiger partial charge in [-0.3, -0.25) is 4.72 Å². The molecule has 0 bridgehead atoms. The second kappa shape index (κ2) is 11.3. The maximum atomic E-state index is 9.00. The molecule has 0 aliphatic carbocycles. The summed E-state index contributed by atoms with van der Waals surface area (Å²) in [6, 6.07) is 16.8. The van der Waals surface area contributed by atoms with Gasteiger partial charge in [-0.25, -0.2) is 0 Å². The first kappa shape index (κ1) is 20.7. The summed E-state index contributed by atoms with van der Waals surface area (Å²) >= 11 is 7.21. The topological polar surface area (TPSA) is 61.8 Å². The number of hydrogen-bond acceptors (Lipinski definition) is 4. The predicted octanol–water partition coefficient (Wildman–Crippen LogP) is 4.71. The van der Waals surface area contributed by atoms with Crippen LogP contribution in [0.5, 0.6) is 0 Å². The summed E-state index contributed by atoms with van der Waals surface area (Å²) < 4.78 is 3.79. The van der Waals surface area contributed by atoms with E-state index >= 15 is 0 Å². The van der Waals surface area contributed by atoms with Gasteiger partial charge in [0.25, 0.3) is 0 Å². The molecule has 0 aromatic heterocycles. The fourth-order valence-electron chi connectivity index (χ4n) is 2.07. The van der Waals surface area contributed by atoms with Crippen molar-refractivity contribution in [3.05, 3.63) is 58.1 Å². The molecule has 0 spiro atoms. The highest BCUT2D eigenvalue weighted by molar-refractivity contribution is 9.10. The number of rotatable bonds is 5. The zero-order valence-corrected chi connectivity index (χ0v) is 16.6. The number of nitrogens with zero attached hydrogens (tertiary/aromatic N) is 1. The third-order valence-electron chi connectivity index (χ3n) is 3.30. The molecule has 0 aliphatic heterocycles. The van der Waals surface area contributed by atoms with E-state index < -0.39 is 0 Å². The molecule has 2 aromatic rings. The molecule has 0 saturated heterocycles. The zero-order valence-electron chi connectivity index (χ0n) is 14.1. The van der Waals surface area contributed by atoms with Crippen molar-refractivity contribution < 1.29 is 0 Å². The molecule has 5 heteroatoms. The molecule has 0 saturated carbocycles. The van der Waals surface area contributed by atoms with E-state index in [-0.39, 0.29) is 0 Å². The van der Waals surface area contributed by atoms with Crippen LogP contribution in [0, 0.1) is 11.3 Å². The van der Waals surface area contributed by atoms with E-state index in [9.17, 15) is 0 Å². The second-order valence-electron chi connectivity index (χ2n) is 5.67. The fraction of sp³-hybridized carbons (Fsp3) is 0.316. The number of nitrogens with two attached hydrogens (primary N) is 1. The van der Waals surface area contributed by atoms with Crippen molar-refractivity contribution in [1.82, 2.24) is 4.72 Å². The van der Waals surface area contributed by atoms with Gasteiger partial charge in [-0.2, -0.15) is 5.26 Å². The molecule has 0 amide bonds. The number of aryl methyl sites for hydroxylation is 1. The first-order valence-corrected chi connectivity index (χ1v) is 9.14. The van der Waals surface area contributed by atoms with E-state index in [1.54, 1.807) is 0 Å². The van der Waals surface area contributed by atoms with Crippen LogP contribution in [0.4, 0.5) is 0 Å². The molecular formula is C19H24BrN3S. The lowest BCUT2D eigenvalue weighted by atomic mass is 9.95. The second-order valence-corrected chi connectivity index (χ2v) is 6.84. The molecular weight excluding hydrogens is 382 g/mol. The number of benzene rings is 2. The van der Waals surface area contributed by atoms with Crippen molar-refractivity contribution in [2.75, 3.05) is 6.54 Å². The third kappa shape index (κ3) is 7.06. The van der Waals surface area contributed by atoms with Gasteiger partial charge in [0.05, 0.1) is 11.6 Å². The number of nitrogens with one attached hydrogen (secondary N) is 1. The molecule has 3 N–H and O–H groups in total. The Morgan fingerprint density at radius 1 is 1.21 bits per heavy atom. The Morgan fingerprint density at radius 2 is 1.83 bits per heavy atom. The van der Waals surface area contributed by atoms with Gasteiger partial charge < -0.3 is 5.73 Å². The van der Waals surface area contributed by atoms with Gasteiger partial charge in [0, 0.05) is 10.5 Å². The summed E-state index contributed by atoms with van der Waals surface area (Å²) in [5.41, 5.74) is 9.82. The number of thiol groups is 1. The summed E-state index contributed by atoms with van der Waals surface area (Å²) in [4.78, 5) is 0. The SMILES string of the molecule is CC(C)NS.N#Cc1ccc(-c2ccc(Br)cc2)c(CCCN)c1. The van der Waals surface area contributed by atoms with Gasteiger partial charge in [-0.05, 0) is 74.2 Å². The van der Waals surface area contributed by atoms with Crippen LogP contribution < -0.4 is 10.5 Å². The van der Waals surface area contributed by atoms with Crippen LogP contribution in [0.3, 0.4) is 0 Å². The first-order chi connectivity index (χ1) is 11.5. The number of halogens is 1. The van der Waals surface area contributed by atoms with Crippen LogP contribution in [0.2, 0.25) is 0 Å². The smallest absolute Gasteiger partial charge is 0.0991 e. The molecule has 3 nitrogen and oxygen atoms in total. The third-order valence-corrected chi connectivity index (χ3v) is 4.34. The molecule has 0 aliphatic rings. The van der Waals surface area contributed by atoms with Gasteiger partial charge in [0.15, 0.2) is 0 Å². The van der Waals surface area contributed by atoms with Crippen molar-refractivity contribution in [3.8, 4) is 17.2 Å².